The maximum atomic E-state index is 12.1. The minimum atomic E-state index is -0.337. The Morgan fingerprint density at radius 3 is 1.88 bits per heavy atom. The van der Waals surface area contributed by atoms with Crippen molar-refractivity contribution >= 4 is 11.6 Å². The molecule has 0 heterocycles. The van der Waals surface area contributed by atoms with E-state index in [9.17, 15) is 9.59 Å². The van der Waals surface area contributed by atoms with Crippen LogP contribution in [-0.2, 0) is 9.59 Å². The predicted octanol–water partition coefficient (Wildman–Crippen LogP) is 0.750. The van der Waals surface area contributed by atoms with Crippen LogP contribution in [0.3, 0.4) is 0 Å². The van der Waals surface area contributed by atoms with Crippen LogP contribution >= 0.6 is 0 Å². The topological polar surface area (TPSA) is 148 Å². The first-order valence-electron chi connectivity index (χ1n) is 9.00. The van der Waals surface area contributed by atoms with Crippen molar-refractivity contribution in [2.24, 2.45) is 17.3 Å². The van der Waals surface area contributed by atoms with Gasteiger partial charge in [0.25, 0.3) is 0 Å². The van der Waals surface area contributed by atoms with Gasteiger partial charge in [-0.1, -0.05) is 34.6 Å². The zero-order valence-corrected chi connectivity index (χ0v) is 15.0. The highest BCUT2D eigenvalue weighted by molar-refractivity contribution is 5.84. The molecule has 0 aromatic carbocycles. The van der Waals surface area contributed by atoms with E-state index in [0.29, 0.717) is 38.9 Å². The Labute approximate surface area is 160 Å². The molecule has 0 aliphatic heterocycles. The van der Waals surface area contributed by atoms with Crippen LogP contribution in [0.4, 0.5) is 0 Å². The number of nitrogens with one attached hydrogen (secondary N) is 3. The van der Waals surface area contributed by atoms with Gasteiger partial charge in [-0.15, -0.1) is 0 Å². The van der Waals surface area contributed by atoms with E-state index in [1.54, 1.807) is 0 Å². The van der Waals surface area contributed by atoms with Crippen LogP contribution < -0.4 is 33.6 Å². The van der Waals surface area contributed by atoms with Crippen molar-refractivity contribution < 1.29 is 9.59 Å². The third-order valence-electron chi connectivity index (χ3n) is 3.99. The fraction of sp³-hybridized carbons (Fsp3) is 0.889. The van der Waals surface area contributed by atoms with Crippen molar-refractivity contribution in [3.05, 3.63) is 0 Å². The van der Waals surface area contributed by atoms with Gasteiger partial charge in [-0.25, -0.2) is 10.9 Å². The largest absolute Gasteiger partial charge is 0.330 e. The molecule has 8 heteroatoms. The highest BCUT2D eigenvalue weighted by Crippen LogP contribution is 2.04. The van der Waals surface area contributed by atoms with Crippen molar-refractivity contribution in [1.82, 2.24) is 16.3 Å². The summed E-state index contributed by atoms with van der Waals surface area (Å²) in [5.41, 5.74) is 19.5. The van der Waals surface area contributed by atoms with Crippen LogP contribution in [0.2, 0.25) is 0 Å². The molecule has 0 rings (SSSR count). The molecule has 0 spiro atoms. The zero-order valence-electron chi connectivity index (χ0n) is 15.0. The number of carbonyl (C=O) groups is 2. The first-order chi connectivity index (χ1) is 11.6. The highest BCUT2D eigenvalue weighted by atomic mass is 16.1. The quantitative estimate of drug-likeness (QED) is 0.124. The van der Waals surface area contributed by atoms with E-state index in [1.165, 1.54) is 0 Å². The van der Waals surface area contributed by atoms with Crippen LogP contribution in [0.15, 0.2) is 0 Å². The van der Waals surface area contributed by atoms with Gasteiger partial charge in [0.1, 0.15) is 0 Å². The molecule has 2 atom stereocenters. The molecular weight excluding hydrogens is 332 g/mol. The number of carbonyl (C=O) groups excluding carboxylic acids is 2. The monoisotopic (exact) mass is 376 g/mol. The van der Waals surface area contributed by atoms with Gasteiger partial charge >= 0.3 is 0 Å². The summed E-state index contributed by atoms with van der Waals surface area (Å²) in [6.45, 7) is 3.56. The average molecular weight is 377 g/mol. The summed E-state index contributed by atoms with van der Waals surface area (Å²) >= 11 is 0. The van der Waals surface area contributed by atoms with Crippen LogP contribution in [0.1, 0.15) is 73.1 Å². The first-order valence-corrected chi connectivity index (χ1v) is 9.00. The third kappa shape index (κ3) is 14.3. The predicted molar refractivity (Wildman–Crippen MR) is 110 cm³/mol. The molecule has 0 amide bonds. The van der Waals surface area contributed by atoms with Crippen molar-refractivity contribution in [3.63, 3.8) is 0 Å². The fourth-order valence-corrected chi connectivity index (χ4v) is 2.44. The molecule has 0 unspecified atom stereocenters. The lowest BCUT2D eigenvalue weighted by atomic mass is 10.0. The van der Waals surface area contributed by atoms with Gasteiger partial charge < -0.3 is 11.5 Å². The second-order valence-electron chi connectivity index (χ2n) is 5.95. The summed E-state index contributed by atoms with van der Waals surface area (Å²) < 4.78 is 0. The lowest BCUT2D eigenvalue weighted by molar-refractivity contribution is -0.121. The fourth-order valence-electron chi connectivity index (χ4n) is 2.44. The van der Waals surface area contributed by atoms with Gasteiger partial charge in [0.2, 0.25) is 0 Å². The minimum Gasteiger partial charge on any atom is -0.330 e. The number of unbranched alkanes of at least 4 members (excludes halogenated alkanes) is 2. The normalized spacial score (nSPS) is 12.6. The van der Waals surface area contributed by atoms with E-state index in [-0.39, 0.29) is 38.5 Å². The Hall–Kier alpha value is -0.900. The van der Waals surface area contributed by atoms with Crippen LogP contribution in [0.25, 0.3) is 0 Å². The molecule has 0 bridgehead atoms. The molecule has 0 aromatic rings. The van der Waals surface area contributed by atoms with E-state index in [4.69, 9.17) is 17.3 Å². The SMILES string of the molecule is C.C.CCC(=O)[C@H](CCCCN)NNCCC(=O)[C@H](CCCCN)NN. The number of nitrogens with two attached hydrogens (primary N) is 3. The molecule has 0 aliphatic carbocycles. The number of hydrazine groups is 2. The second-order valence-corrected chi connectivity index (χ2v) is 5.95. The molecule has 0 saturated carbocycles. The minimum absolute atomic E-state index is 0. The average Bonchev–Trinajstić information content (AvgIpc) is 2.60. The van der Waals surface area contributed by atoms with Gasteiger partial charge in [-0.2, -0.15) is 0 Å². The molecule has 8 nitrogen and oxygen atoms in total. The van der Waals surface area contributed by atoms with Gasteiger partial charge in [-0.3, -0.25) is 20.9 Å². The first kappa shape index (κ1) is 29.8. The van der Waals surface area contributed by atoms with Crippen LogP contribution in [0, 0.1) is 0 Å². The van der Waals surface area contributed by atoms with E-state index < -0.39 is 0 Å². The van der Waals surface area contributed by atoms with Crippen molar-refractivity contribution in [1.29, 1.82) is 0 Å². The third-order valence-corrected chi connectivity index (χ3v) is 3.99. The Bertz CT molecular complexity index is 342. The summed E-state index contributed by atoms with van der Waals surface area (Å²) in [6.07, 6.45) is 5.83. The summed E-state index contributed by atoms with van der Waals surface area (Å²) in [6, 6.07) is -0.569. The van der Waals surface area contributed by atoms with E-state index in [0.717, 1.165) is 32.1 Å². The van der Waals surface area contributed by atoms with Crippen molar-refractivity contribution in [2.75, 3.05) is 19.6 Å². The lowest BCUT2D eigenvalue weighted by Gasteiger charge is -2.18. The number of hydrogen-bond donors (Lipinski definition) is 6. The Morgan fingerprint density at radius 1 is 0.885 bits per heavy atom. The van der Waals surface area contributed by atoms with Gasteiger partial charge in [-0.05, 0) is 38.8 Å². The molecule has 0 fully saturated rings. The van der Waals surface area contributed by atoms with Crippen molar-refractivity contribution in [2.45, 2.75) is 85.2 Å². The summed E-state index contributed by atoms with van der Waals surface area (Å²) in [4.78, 5) is 24.0. The van der Waals surface area contributed by atoms with Gasteiger partial charge in [0, 0.05) is 19.4 Å². The number of Topliss-reactive ketones (excluding diaryl/α,β-unsaturated/α-hetero) is 2. The Kier molecular flexibility index (Phi) is 23.4. The number of hydrogen-bond acceptors (Lipinski definition) is 8. The van der Waals surface area contributed by atoms with Crippen LogP contribution in [0.5, 0.6) is 0 Å². The summed E-state index contributed by atoms with van der Waals surface area (Å²) in [5.74, 6) is 5.66. The highest BCUT2D eigenvalue weighted by Gasteiger charge is 2.17. The lowest BCUT2D eigenvalue weighted by Crippen LogP contribution is -2.47. The molecule has 0 radical (unpaired) electrons. The second kappa shape index (κ2) is 20.4. The standard InChI is InChI=1S/C16H36N6O2.2CH4/c1-2-15(23)14(8-4-6-11-18)22-20-12-9-16(24)13(21-19)7-3-5-10-17;;/h13-14,20-22H,2-12,17-19H2,1H3;2*1H4/t13-,14-;;/m0../s1. The molecular formula is C18H44N6O2. The van der Waals surface area contributed by atoms with Gasteiger partial charge in [0.05, 0.1) is 12.1 Å². The summed E-state index contributed by atoms with van der Waals surface area (Å²) in [5, 5.41) is 0. The maximum absolute atomic E-state index is 12.1. The Balaban J connectivity index is -0.00000264. The number of rotatable bonds is 17. The number of ketones is 2. The van der Waals surface area contributed by atoms with Crippen molar-refractivity contribution in [3.8, 4) is 0 Å². The molecule has 0 aliphatic rings. The summed E-state index contributed by atoms with van der Waals surface area (Å²) in [7, 11) is 0. The smallest absolute Gasteiger partial charge is 0.152 e. The zero-order chi connectivity index (χ0) is 18.2. The van der Waals surface area contributed by atoms with E-state index in [1.807, 2.05) is 6.92 Å². The van der Waals surface area contributed by atoms with Gasteiger partial charge in [0.15, 0.2) is 11.6 Å². The molecule has 9 N–H and O–H groups in total. The molecule has 0 aromatic heterocycles. The molecule has 158 valence electrons. The molecule has 0 saturated heterocycles. The van der Waals surface area contributed by atoms with E-state index >= 15 is 0 Å². The van der Waals surface area contributed by atoms with E-state index in [2.05, 4.69) is 16.3 Å². The van der Waals surface area contributed by atoms with Crippen LogP contribution in [-0.4, -0.2) is 43.3 Å². The maximum Gasteiger partial charge on any atom is 0.152 e. The Morgan fingerprint density at radius 2 is 1.42 bits per heavy atom. The molecule has 26 heavy (non-hydrogen) atoms.